The molecule has 0 bridgehead atoms. The molecule has 37 heavy (non-hydrogen) atoms. The lowest BCUT2D eigenvalue weighted by Gasteiger charge is -2.36. The van der Waals surface area contributed by atoms with E-state index in [0.29, 0.717) is 25.3 Å². The Balaban J connectivity index is 1.55. The van der Waals surface area contributed by atoms with Crippen LogP contribution in [0.15, 0.2) is 47.4 Å². The second kappa shape index (κ2) is 10.4. The number of hydrogen-bond donors (Lipinski definition) is 4. The van der Waals surface area contributed by atoms with Crippen LogP contribution >= 0.6 is 0 Å². The van der Waals surface area contributed by atoms with Gasteiger partial charge in [0.2, 0.25) is 20.6 Å². The molecule has 2 amide bonds. The van der Waals surface area contributed by atoms with Crippen LogP contribution < -0.4 is 26.0 Å². The molecule has 1 saturated heterocycles. The molecular formula is C27H36N4O5S. The molecule has 2 aliphatic rings. The number of fused-ring (bicyclic) bond motifs is 1. The summed E-state index contributed by atoms with van der Waals surface area (Å²) in [6.45, 7) is 9.75. The zero-order chi connectivity index (χ0) is 26.8. The predicted molar refractivity (Wildman–Crippen MR) is 141 cm³/mol. The zero-order valence-electron chi connectivity index (χ0n) is 21.8. The Kier molecular flexibility index (Phi) is 7.64. The number of rotatable bonds is 7. The van der Waals surface area contributed by atoms with Gasteiger partial charge in [0.05, 0.1) is 24.0 Å². The normalized spacial score (nSPS) is 21.9. The molecule has 2 aromatic carbocycles. The van der Waals surface area contributed by atoms with Crippen molar-refractivity contribution in [2.24, 2.45) is 0 Å². The number of aryl methyl sites for hydroxylation is 1. The van der Waals surface area contributed by atoms with Gasteiger partial charge in [0.15, 0.2) is 0 Å². The number of piperazine rings is 1. The number of benzene rings is 2. The van der Waals surface area contributed by atoms with E-state index >= 15 is 0 Å². The molecule has 9 nitrogen and oxygen atoms in total. The average molecular weight is 529 g/mol. The Morgan fingerprint density at radius 1 is 1.14 bits per heavy atom. The van der Waals surface area contributed by atoms with Crippen LogP contribution in [-0.2, 0) is 26.0 Å². The highest BCUT2D eigenvalue weighted by atomic mass is 32.2. The van der Waals surface area contributed by atoms with Gasteiger partial charge in [-0.2, -0.15) is 0 Å². The molecule has 0 spiro atoms. The molecule has 2 aliphatic heterocycles. The van der Waals surface area contributed by atoms with Crippen LogP contribution in [0.4, 0.5) is 0 Å². The van der Waals surface area contributed by atoms with Gasteiger partial charge in [0, 0.05) is 37.2 Å². The van der Waals surface area contributed by atoms with E-state index in [1.807, 2.05) is 25.1 Å². The molecule has 0 aliphatic carbocycles. The minimum absolute atomic E-state index is 0.0109. The third-order valence-corrected chi connectivity index (χ3v) is 8.95. The van der Waals surface area contributed by atoms with E-state index in [2.05, 4.69) is 42.0 Å². The van der Waals surface area contributed by atoms with Gasteiger partial charge >= 0.3 is 0 Å². The van der Waals surface area contributed by atoms with E-state index in [-0.39, 0.29) is 29.6 Å². The quantitative estimate of drug-likeness (QED) is 0.434. The fraction of sp³-hybridized carbons (Fsp3) is 0.481. The number of carbonyl (C=O) groups excluding carboxylic acids is 2. The van der Waals surface area contributed by atoms with Crippen molar-refractivity contribution in [2.75, 3.05) is 19.7 Å². The Bertz CT molecular complexity index is 1270. The minimum Gasteiger partial charge on any atom is -0.493 e. The molecule has 0 aromatic heterocycles. The van der Waals surface area contributed by atoms with E-state index in [9.17, 15) is 18.0 Å². The van der Waals surface area contributed by atoms with Gasteiger partial charge in [-0.15, -0.1) is 0 Å². The number of sulfone groups is 1. The number of ether oxygens (including phenoxy) is 1. The van der Waals surface area contributed by atoms with Crippen molar-refractivity contribution < 1.29 is 22.7 Å². The van der Waals surface area contributed by atoms with E-state index < -0.39 is 32.9 Å². The highest BCUT2D eigenvalue weighted by Crippen LogP contribution is 2.34. The third-order valence-electron chi connectivity index (χ3n) is 6.66. The highest BCUT2D eigenvalue weighted by Gasteiger charge is 2.54. The summed E-state index contributed by atoms with van der Waals surface area (Å²) in [5.41, 5.74) is 2.76. The molecular weight excluding hydrogens is 492 g/mol. The molecule has 2 atom stereocenters. The molecule has 0 saturated carbocycles. The lowest BCUT2D eigenvalue weighted by molar-refractivity contribution is -0.131. The van der Waals surface area contributed by atoms with Crippen LogP contribution in [0.5, 0.6) is 5.75 Å². The second-order valence-corrected chi connectivity index (χ2v) is 12.9. The first kappa shape index (κ1) is 27.1. The lowest BCUT2D eigenvalue weighted by Crippen LogP contribution is -2.68. The molecule has 4 rings (SSSR count). The molecule has 0 unspecified atom stereocenters. The number of nitrogens with one attached hydrogen (secondary N) is 4. The van der Waals surface area contributed by atoms with Crippen LogP contribution in [0.1, 0.15) is 56.3 Å². The van der Waals surface area contributed by atoms with Crippen molar-refractivity contribution in [1.82, 2.24) is 21.3 Å². The molecule has 2 aromatic rings. The number of amides is 2. The van der Waals surface area contributed by atoms with Crippen molar-refractivity contribution in [2.45, 2.75) is 68.4 Å². The summed E-state index contributed by atoms with van der Waals surface area (Å²) in [5, 5.41) is 11.9. The van der Waals surface area contributed by atoms with Crippen LogP contribution in [0.2, 0.25) is 0 Å². The maximum Gasteiger partial charge on any atom is 0.257 e. The number of hydrogen-bond acceptors (Lipinski definition) is 7. The maximum atomic E-state index is 13.7. The standard InChI is InChI=1S/C27H36N4O5S/c1-18-5-8-20(9-6-18)37(34,35)27(25(33)28-12-13-29-27)16-24(32)31-22-11-14-36-23-15-19(7-10-21(22)23)17-30-26(2,3)4/h5-10,15,22,29-30H,11-14,16-17H2,1-4H3,(H,28,33)(H,31,32)/t22-,27-/m1/s1. The Morgan fingerprint density at radius 3 is 2.54 bits per heavy atom. The smallest absolute Gasteiger partial charge is 0.257 e. The zero-order valence-corrected chi connectivity index (χ0v) is 22.6. The second-order valence-electron chi connectivity index (χ2n) is 10.7. The van der Waals surface area contributed by atoms with Gasteiger partial charge in [-0.3, -0.25) is 14.9 Å². The summed E-state index contributed by atoms with van der Waals surface area (Å²) >= 11 is 0. The maximum absolute atomic E-state index is 13.7. The number of carbonyl (C=O) groups is 2. The van der Waals surface area contributed by atoms with E-state index in [4.69, 9.17) is 4.74 Å². The minimum atomic E-state index is -4.23. The summed E-state index contributed by atoms with van der Waals surface area (Å²) < 4.78 is 33.3. The molecule has 10 heteroatoms. The average Bonchev–Trinajstić information content (AvgIpc) is 2.84. The fourth-order valence-electron chi connectivity index (χ4n) is 4.57. The van der Waals surface area contributed by atoms with Crippen molar-refractivity contribution in [3.8, 4) is 5.75 Å². The van der Waals surface area contributed by atoms with Crippen LogP contribution in [-0.4, -0.2) is 50.3 Å². The summed E-state index contributed by atoms with van der Waals surface area (Å²) in [4.78, 5) is 24.2. The van der Waals surface area contributed by atoms with Crippen LogP contribution in [0.25, 0.3) is 0 Å². The first-order valence-electron chi connectivity index (χ1n) is 12.6. The predicted octanol–water partition coefficient (Wildman–Crippen LogP) is 2.10. The van der Waals surface area contributed by atoms with Gasteiger partial charge in [0.25, 0.3) is 5.91 Å². The first-order valence-corrected chi connectivity index (χ1v) is 14.0. The molecule has 2 heterocycles. The van der Waals surface area contributed by atoms with Crippen molar-refractivity contribution in [3.05, 3.63) is 59.2 Å². The summed E-state index contributed by atoms with van der Waals surface area (Å²) in [7, 11) is -4.23. The van der Waals surface area contributed by atoms with E-state index in [0.717, 1.165) is 16.7 Å². The van der Waals surface area contributed by atoms with Gasteiger partial charge in [-0.25, -0.2) is 8.42 Å². The Morgan fingerprint density at radius 2 is 1.86 bits per heavy atom. The van der Waals surface area contributed by atoms with Crippen LogP contribution in [0, 0.1) is 6.92 Å². The topological polar surface area (TPSA) is 126 Å². The first-order chi connectivity index (χ1) is 17.4. The van der Waals surface area contributed by atoms with Crippen molar-refractivity contribution in [1.29, 1.82) is 0 Å². The summed E-state index contributed by atoms with van der Waals surface area (Å²) in [5.74, 6) is -0.560. The highest BCUT2D eigenvalue weighted by molar-refractivity contribution is 7.93. The monoisotopic (exact) mass is 528 g/mol. The van der Waals surface area contributed by atoms with Crippen molar-refractivity contribution >= 4 is 21.7 Å². The SMILES string of the molecule is Cc1ccc(S(=O)(=O)[C@@]2(CC(=O)N[C@@H]3CCOc4cc(CNC(C)(C)C)ccc43)NCCNC2=O)cc1. The molecule has 4 N–H and O–H groups in total. The lowest BCUT2D eigenvalue weighted by atomic mass is 9.98. The van der Waals surface area contributed by atoms with Gasteiger partial charge in [-0.1, -0.05) is 29.8 Å². The summed E-state index contributed by atoms with van der Waals surface area (Å²) in [6.07, 6.45) is -0.00894. The Hall–Kier alpha value is -2.95. The Labute approximate surface area is 218 Å². The largest absolute Gasteiger partial charge is 0.493 e. The molecule has 200 valence electrons. The summed E-state index contributed by atoms with van der Waals surface area (Å²) in [6, 6.07) is 11.8. The molecule has 0 radical (unpaired) electrons. The van der Waals surface area contributed by atoms with Gasteiger partial charge < -0.3 is 20.7 Å². The molecule has 1 fully saturated rings. The van der Waals surface area contributed by atoms with E-state index in [1.165, 1.54) is 12.1 Å². The van der Waals surface area contributed by atoms with Gasteiger partial charge in [-0.05, 0) is 51.5 Å². The van der Waals surface area contributed by atoms with E-state index in [1.54, 1.807) is 12.1 Å². The van der Waals surface area contributed by atoms with Crippen LogP contribution in [0.3, 0.4) is 0 Å². The van der Waals surface area contributed by atoms with Gasteiger partial charge in [0.1, 0.15) is 5.75 Å². The van der Waals surface area contributed by atoms with Crippen molar-refractivity contribution in [3.63, 3.8) is 0 Å². The third kappa shape index (κ3) is 5.81. The fourth-order valence-corrected chi connectivity index (χ4v) is 6.40.